The average molecular weight is 195 g/mol. The number of hydrogen-bond donors (Lipinski definition) is 1. The summed E-state index contributed by atoms with van der Waals surface area (Å²) in [5.74, 6) is 0.377. The minimum atomic E-state index is 0.366. The molecule has 0 amide bonds. The lowest BCUT2D eigenvalue weighted by Gasteiger charge is -2.28. The maximum absolute atomic E-state index is 8.81. The van der Waals surface area contributed by atoms with Crippen LogP contribution < -0.4 is 5.32 Å². The molecule has 0 aromatic heterocycles. The van der Waals surface area contributed by atoms with E-state index in [-0.39, 0.29) is 0 Å². The van der Waals surface area contributed by atoms with Crippen molar-refractivity contribution in [3.05, 3.63) is 35.4 Å². The molecule has 0 saturated carbocycles. The molecule has 2 nitrogen and oxygen atoms in total. The monoisotopic (exact) mass is 194 g/mol. The summed E-state index contributed by atoms with van der Waals surface area (Å²) < 4.78 is 0. The Morgan fingerprint density at radius 1 is 1.54 bits per heavy atom. The minimum absolute atomic E-state index is 0.366. The molecule has 0 aromatic rings. The molecule has 68 valence electrons. The first-order valence-corrected chi connectivity index (χ1v) is 4.39. The maximum Gasteiger partial charge on any atom is 0.0994 e. The van der Waals surface area contributed by atoms with Gasteiger partial charge < -0.3 is 5.32 Å². The molecule has 1 aliphatic heterocycles. The molecule has 0 aromatic carbocycles. The van der Waals surface area contributed by atoms with E-state index < -0.39 is 0 Å². The normalized spacial score (nSPS) is 17.4. The molecule has 0 bridgehead atoms. The lowest BCUT2D eigenvalue weighted by Crippen LogP contribution is -2.43. The van der Waals surface area contributed by atoms with Crippen molar-refractivity contribution in [1.82, 2.24) is 5.32 Å². The topological polar surface area (TPSA) is 35.8 Å². The second-order valence-corrected chi connectivity index (χ2v) is 3.48. The molecular formula is C10H11ClN2. The lowest BCUT2D eigenvalue weighted by molar-refractivity contribution is 0.405. The summed E-state index contributed by atoms with van der Waals surface area (Å²) in [5.41, 5.74) is 1.38. The number of nitrogens with zero attached hydrogens (tertiary/aromatic N) is 1. The zero-order valence-electron chi connectivity index (χ0n) is 7.31. The standard InChI is InChI=1S/C10H11ClN2/c1-7(11)3-9(4-12)8(2)10-5-13-6-10/h3,10,13H,1-2,5-6H2/b9-3-. The third kappa shape index (κ3) is 2.45. The zero-order chi connectivity index (χ0) is 9.84. The first-order chi connectivity index (χ1) is 6.15. The van der Waals surface area contributed by atoms with E-state index in [9.17, 15) is 0 Å². The summed E-state index contributed by atoms with van der Waals surface area (Å²) >= 11 is 5.58. The van der Waals surface area contributed by atoms with Crippen LogP contribution in [0, 0.1) is 17.2 Å². The molecule has 3 heteroatoms. The van der Waals surface area contributed by atoms with Crippen LogP contribution in [0.3, 0.4) is 0 Å². The van der Waals surface area contributed by atoms with Crippen LogP contribution in [-0.2, 0) is 0 Å². The van der Waals surface area contributed by atoms with E-state index >= 15 is 0 Å². The number of nitrogens with one attached hydrogen (secondary N) is 1. The van der Waals surface area contributed by atoms with Crippen LogP contribution in [0.4, 0.5) is 0 Å². The third-order valence-electron chi connectivity index (χ3n) is 2.04. The van der Waals surface area contributed by atoms with E-state index in [1.165, 1.54) is 0 Å². The van der Waals surface area contributed by atoms with E-state index in [1.54, 1.807) is 6.08 Å². The van der Waals surface area contributed by atoms with Crippen molar-refractivity contribution in [3.8, 4) is 6.07 Å². The number of halogens is 1. The van der Waals surface area contributed by atoms with Gasteiger partial charge in [0, 0.05) is 24.0 Å². The van der Waals surface area contributed by atoms with Gasteiger partial charge in [-0.3, -0.25) is 0 Å². The van der Waals surface area contributed by atoms with Crippen LogP contribution in [0.5, 0.6) is 0 Å². The van der Waals surface area contributed by atoms with Gasteiger partial charge >= 0.3 is 0 Å². The van der Waals surface area contributed by atoms with Crippen molar-refractivity contribution in [1.29, 1.82) is 5.26 Å². The Labute approximate surface area is 83.2 Å². The molecule has 1 N–H and O–H groups in total. The number of allylic oxidation sites excluding steroid dienone is 3. The van der Waals surface area contributed by atoms with Crippen molar-refractivity contribution in [3.63, 3.8) is 0 Å². The fraction of sp³-hybridized carbons (Fsp3) is 0.300. The van der Waals surface area contributed by atoms with Crippen LogP contribution in [-0.4, -0.2) is 13.1 Å². The van der Waals surface area contributed by atoms with Crippen molar-refractivity contribution in [2.45, 2.75) is 0 Å². The first kappa shape index (κ1) is 10.0. The van der Waals surface area contributed by atoms with Gasteiger partial charge in [-0.15, -0.1) is 0 Å². The van der Waals surface area contributed by atoms with Gasteiger partial charge in [-0.1, -0.05) is 24.8 Å². The quantitative estimate of drug-likeness (QED) is 0.551. The van der Waals surface area contributed by atoms with Crippen LogP contribution >= 0.6 is 11.6 Å². The Balaban J connectivity index is 2.72. The molecule has 0 spiro atoms. The molecular weight excluding hydrogens is 184 g/mol. The van der Waals surface area contributed by atoms with Crippen molar-refractivity contribution in [2.75, 3.05) is 13.1 Å². The Hall–Kier alpha value is -1.04. The van der Waals surface area contributed by atoms with Gasteiger partial charge in [0.15, 0.2) is 0 Å². The van der Waals surface area contributed by atoms with Gasteiger partial charge in [0.2, 0.25) is 0 Å². The highest BCUT2D eigenvalue weighted by Crippen LogP contribution is 2.22. The van der Waals surface area contributed by atoms with Gasteiger partial charge in [-0.05, 0) is 11.6 Å². The second kappa shape index (κ2) is 4.27. The minimum Gasteiger partial charge on any atom is -0.315 e. The zero-order valence-corrected chi connectivity index (χ0v) is 8.06. The lowest BCUT2D eigenvalue weighted by atomic mass is 9.89. The molecule has 1 saturated heterocycles. The fourth-order valence-electron chi connectivity index (χ4n) is 1.11. The predicted molar refractivity (Wildman–Crippen MR) is 54.2 cm³/mol. The summed E-state index contributed by atoms with van der Waals surface area (Å²) in [6.45, 7) is 9.17. The summed E-state index contributed by atoms with van der Waals surface area (Å²) in [6, 6.07) is 2.07. The van der Waals surface area contributed by atoms with E-state index in [1.807, 2.05) is 0 Å². The van der Waals surface area contributed by atoms with Gasteiger partial charge in [-0.25, -0.2) is 0 Å². The number of rotatable bonds is 3. The highest BCUT2D eigenvalue weighted by molar-refractivity contribution is 6.30. The highest BCUT2D eigenvalue weighted by atomic mass is 35.5. The van der Waals surface area contributed by atoms with Gasteiger partial charge in [-0.2, -0.15) is 5.26 Å². The highest BCUT2D eigenvalue weighted by Gasteiger charge is 2.22. The number of hydrogen-bond acceptors (Lipinski definition) is 2. The van der Waals surface area contributed by atoms with Gasteiger partial charge in [0.25, 0.3) is 0 Å². The van der Waals surface area contributed by atoms with Crippen molar-refractivity contribution >= 4 is 11.6 Å². The molecule has 0 aliphatic carbocycles. The van der Waals surface area contributed by atoms with E-state index in [0.29, 0.717) is 16.5 Å². The summed E-state index contributed by atoms with van der Waals surface area (Å²) in [6.07, 6.45) is 1.56. The number of nitriles is 1. The Morgan fingerprint density at radius 2 is 2.15 bits per heavy atom. The van der Waals surface area contributed by atoms with Gasteiger partial charge in [0.05, 0.1) is 11.6 Å². The molecule has 0 radical (unpaired) electrons. The smallest absolute Gasteiger partial charge is 0.0994 e. The Bertz CT molecular complexity index is 305. The summed E-state index contributed by atoms with van der Waals surface area (Å²) in [7, 11) is 0. The van der Waals surface area contributed by atoms with E-state index in [4.69, 9.17) is 16.9 Å². The van der Waals surface area contributed by atoms with Crippen molar-refractivity contribution < 1.29 is 0 Å². The van der Waals surface area contributed by atoms with E-state index in [2.05, 4.69) is 24.5 Å². The summed E-state index contributed by atoms with van der Waals surface area (Å²) in [4.78, 5) is 0. The fourth-order valence-corrected chi connectivity index (χ4v) is 1.22. The first-order valence-electron chi connectivity index (χ1n) is 4.01. The second-order valence-electron chi connectivity index (χ2n) is 3.00. The summed E-state index contributed by atoms with van der Waals surface area (Å²) in [5, 5.41) is 12.3. The molecule has 1 heterocycles. The van der Waals surface area contributed by atoms with Crippen LogP contribution in [0.15, 0.2) is 35.4 Å². The van der Waals surface area contributed by atoms with Crippen LogP contribution in [0.1, 0.15) is 0 Å². The Morgan fingerprint density at radius 3 is 2.46 bits per heavy atom. The van der Waals surface area contributed by atoms with Crippen molar-refractivity contribution in [2.24, 2.45) is 5.92 Å². The molecule has 13 heavy (non-hydrogen) atoms. The molecule has 0 atom stereocenters. The third-order valence-corrected chi connectivity index (χ3v) is 2.15. The van der Waals surface area contributed by atoms with E-state index in [0.717, 1.165) is 18.7 Å². The largest absolute Gasteiger partial charge is 0.315 e. The van der Waals surface area contributed by atoms with Crippen LogP contribution in [0.25, 0.3) is 0 Å². The Kier molecular flexibility index (Phi) is 3.30. The van der Waals surface area contributed by atoms with Crippen LogP contribution in [0.2, 0.25) is 0 Å². The molecule has 1 fully saturated rings. The SMILES string of the molecule is C=C(Cl)/C=C(/C#N)C(=C)C1CNC1. The average Bonchev–Trinajstić information content (AvgIpc) is 1.96. The molecule has 1 aliphatic rings. The maximum atomic E-state index is 8.81. The predicted octanol–water partition coefficient (Wildman–Crippen LogP) is 1.96. The van der Waals surface area contributed by atoms with Gasteiger partial charge in [0.1, 0.15) is 0 Å². The molecule has 1 rings (SSSR count). The molecule has 0 unspecified atom stereocenters.